The Morgan fingerprint density at radius 1 is 0.964 bits per heavy atom. The highest BCUT2D eigenvalue weighted by Gasteiger charge is 2.38. The summed E-state index contributed by atoms with van der Waals surface area (Å²) in [6.45, 7) is 0. The Kier molecular flexibility index (Phi) is 4.64. The zero-order valence-corrected chi connectivity index (χ0v) is 14.3. The highest BCUT2D eigenvalue weighted by molar-refractivity contribution is 5.71. The molecule has 2 atom stereocenters. The van der Waals surface area contributed by atoms with Gasteiger partial charge >= 0.3 is 6.09 Å². The van der Waals surface area contributed by atoms with Gasteiger partial charge in [0.05, 0.1) is 5.56 Å². The van der Waals surface area contributed by atoms with Crippen LogP contribution in [0.2, 0.25) is 0 Å². The summed E-state index contributed by atoms with van der Waals surface area (Å²) in [6, 6.07) is 3.98. The van der Waals surface area contributed by atoms with E-state index in [2.05, 4.69) is 32.1 Å². The molecule has 8 heteroatoms. The Labute approximate surface area is 158 Å². The molecule has 1 aromatic carbocycles. The molecule has 1 aliphatic rings. The summed E-state index contributed by atoms with van der Waals surface area (Å²) < 4.78 is 33.0. The van der Waals surface area contributed by atoms with Crippen molar-refractivity contribution in [1.29, 1.82) is 0 Å². The molecule has 3 aromatic rings. The van der Waals surface area contributed by atoms with Gasteiger partial charge in [0.2, 0.25) is 0 Å². The topological polar surface area (TPSA) is 77.0 Å². The summed E-state index contributed by atoms with van der Waals surface area (Å²) in [5.74, 6) is 4.54. The molecule has 0 bridgehead atoms. The van der Waals surface area contributed by atoms with Gasteiger partial charge in [0.1, 0.15) is 24.0 Å². The van der Waals surface area contributed by atoms with E-state index in [1.165, 1.54) is 12.5 Å². The number of pyridine rings is 1. The summed E-state index contributed by atoms with van der Waals surface area (Å²) in [6.07, 6.45) is 5.86. The third kappa shape index (κ3) is 3.64. The molecule has 1 saturated heterocycles. The van der Waals surface area contributed by atoms with Crippen molar-refractivity contribution >= 4 is 6.09 Å². The maximum Gasteiger partial charge on any atom is 0.408 e. The maximum absolute atomic E-state index is 14.2. The molecule has 1 amide bonds. The Morgan fingerprint density at radius 2 is 1.71 bits per heavy atom. The summed E-state index contributed by atoms with van der Waals surface area (Å²) in [4.78, 5) is 23.7. The number of hydrogen-bond acceptors (Lipinski definition) is 5. The van der Waals surface area contributed by atoms with E-state index < -0.39 is 29.9 Å². The Hall–Kier alpha value is -3.86. The molecule has 6 nitrogen and oxygen atoms in total. The van der Waals surface area contributed by atoms with Crippen LogP contribution in [0.15, 0.2) is 55.4 Å². The van der Waals surface area contributed by atoms with Gasteiger partial charge in [-0.3, -0.25) is 4.98 Å². The first kappa shape index (κ1) is 17.5. The number of carbonyl (C=O) groups excluding carboxylic acids is 1. The standard InChI is InChI=1S/C20H12F2N4O2/c21-15-3-4-17(22)16(6-15)19-18(26-20(27)28-19)14-5-12(7-23-10-14)1-2-13-8-24-11-25-9-13/h3-11,18-19H,(H,26,27). The fourth-order valence-electron chi connectivity index (χ4n) is 2.86. The fourth-order valence-corrected chi connectivity index (χ4v) is 2.86. The van der Waals surface area contributed by atoms with Crippen molar-refractivity contribution < 1.29 is 18.3 Å². The van der Waals surface area contributed by atoms with E-state index in [1.807, 2.05) is 0 Å². The van der Waals surface area contributed by atoms with Crippen LogP contribution in [0.3, 0.4) is 0 Å². The summed E-state index contributed by atoms with van der Waals surface area (Å²) in [5.41, 5.74) is 1.70. The third-order valence-electron chi connectivity index (χ3n) is 4.10. The van der Waals surface area contributed by atoms with E-state index in [-0.39, 0.29) is 5.56 Å². The van der Waals surface area contributed by atoms with Crippen LogP contribution in [-0.2, 0) is 4.74 Å². The number of benzene rings is 1. The Morgan fingerprint density at radius 3 is 2.54 bits per heavy atom. The minimum absolute atomic E-state index is 0.0544. The van der Waals surface area contributed by atoms with Crippen LogP contribution in [0.4, 0.5) is 13.6 Å². The number of alkyl carbamates (subject to hydrolysis) is 1. The number of amides is 1. The predicted molar refractivity (Wildman–Crippen MR) is 93.7 cm³/mol. The zero-order chi connectivity index (χ0) is 19.5. The van der Waals surface area contributed by atoms with Crippen molar-refractivity contribution in [2.24, 2.45) is 0 Å². The fraction of sp³-hybridized carbons (Fsp3) is 0.100. The second kappa shape index (κ2) is 7.40. The van der Waals surface area contributed by atoms with Gasteiger partial charge in [-0.15, -0.1) is 0 Å². The van der Waals surface area contributed by atoms with Crippen LogP contribution >= 0.6 is 0 Å². The van der Waals surface area contributed by atoms with Gasteiger partial charge in [-0.05, 0) is 29.8 Å². The highest BCUT2D eigenvalue weighted by Crippen LogP contribution is 2.37. The second-order valence-corrected chi connectivity index (χ2v) is 6.00. The van der Waals surface area contributed by atoms with E-state index in [0.29, 0.717) is 16.7 Å². The van der Waals surface area contributed by atoms with Crippen LogP contribution in [-0.4, -0.2) is 21.0 Å². The van der Waals surface area contributed by atoms with E-state index in [4.69, 9.17) is 4.74 Å². The van der Waals surface area contributed by atoms with Gasteiger partial charge in [0.25, 0.3) is 0 Å². The van der Waals surface area contributed by atoms with Crippen LogP contribution < -0.4 is 5.32 Å². The molecule has 0 aliphatic carbocycles. The Bertz CT molecular complexity index is 1100. The lowest BCUT2D eigenvalue weighted by Crippen LogP contribution is -2.20. The molecule has 1 fully saturated rings. The summed E-state index contributed by atoms with van der Waals surface area (Å²) in [7, 11) is 0. The molecule has 2 aromatic heterocycles. The van der Waals surface area contributed by atoms with Crippen molar-refractivity contribution in [3.05, 3.63) is 89.3 Å². The molecular formula is C20H12F2N4O2. The van der Waals surface area contributed by atoms with Gasteiger partial charge < -0.3 is 10.1 Å². The predicted octanol–water partition coefficient (Wildman–Crippen LogP) is 3.07. The first-order valence-corrected chi connectivity index (χ1v) is 8.24. The minimum atomic E-state index is -1.03. The van der Waals surface area contributed by atoms with Gasteiger partial charge in [-0.25, -0.2) is 23.5 Å². The zero-order valence-electron chi connectivity index (χ0n) is 14.3. The first-order chi connectivity index (χ1) is 13.6. The number of halogens is 2. The van der Waals surface area contributed by atoms with E-state index >= 15 is 0 Å². The normalized spacial score (nSPS) is 18.0. The van der Waals surface area contributed by atoms with Crippen molar-refractivity contribution in [3.63, 3.8) is 0 Å². The number of ether oxygens (including phenoxy) is 1. The van der Waals surface area contributed by atoms with Crippen molar-refractivity contribution in [3.8, 4) is 11.8 Å². The van der Waals surface area contributed by atoms with E-state index in [0.717, 1.165) is 18.2 Å². The smallest absolute Gasteiger partial charge is 0.408 e. The quantitative estimate of drug-likeness (QED) is 0.694. The van der Waals surface area contributed by atoms with Gasteiger partial charge in [-0.2, -0.15) is 0 Å². The van der Waals surface area contributed by atoms with Crippen molar-refractivity contribution in [1.82, 2.24) is 20.3 Å². The number of hydrogen-bond donors (Lipinski definition) is 1. The molecule has 4 rings (SSSR count). The summed E-state index contributed by atoms with van der Waals surface area (Å²) >= 11 is 0. The number of cyclic esters (lactones) is 1. The lowest BCUT2D eigenvalue weighted by atomic mass is 9.96. The van der Waals surface area contributed by atoms with Crippen molar-refractivity contribution in [2.45, 2.75) is 12.1 Å². The summed E-state index contributed by atoms with van der Waals surface area (Å²) in [5, 5.41) is 2.61. The molecule has 1 N–H and O–H groups in total. The van der Waals surface area contributed by atoms with Crippen LogP contribution in [0, 0.1) is 23.5 Å². The Balaban J connectivity index is 1.67. The average molecular weight is 378 g/mol. The SMILES string of the molecule is O=C1NC(c2cncc(C#Cc3cncnc3)c2)C(c2cc(F)ccc2F)O1. The molecule has 28 heavy (non-hydrogen) atoms. The second-order valence-electron chi connectivity index (χ2n) is 6.00. The molecule has 1 aliphatic heterocycles. The number of nitrogens with one attached hydrogen (secondary N) is 1. The molecule has 138 valence electrons. The largest absolute Gasteiger partial charge is 0.439 e. The lowest BCUT2D eigenvalue weighted by molar-refractivity contribution is 0.130. The molecule has 0 saturated carbocycles. The first-order valence-electron chi connectivity index (χ1n) is 8.24. The van der Waals surface area contributed by atoms with Crippen LogP contribution in [0.25, 0.3) is 0 Å². The van der Waals surface area contributed by atoms with Gasteiger partial charge in [0, 0.05) is 35.9 Å². The monoisotopic (exact) mass is 378 g/mol. The minimum Gasteiger partial charge on any atom is -0.439 e. The third-order valence-corrected chi connectivity index (χ3v) is 4.10. The van der Waals surface area contributed by atoms with Gasteiger partial charge in [0.15, 0.2) is 6.10 Å². The molecule has 0 spiro atoms. The van der Waals surface area contributed by atoms with E-state index in [1.54, 1.807) is 24.7 Å². The lowest BCUT2D eigenvalue weighted by Gasteiger charge is -2.18. The number of nitrogens with zero attached hydrogens (tertiary/aromatic N) is 3. The maximum atomic E-state index is 14.2. The van der Waals surface area contributed by atoms with Gasteiger partial charge in [-0.1, -0.05) is 11.8 Å². The number of aromatic nitrogens is 3. The molecular weight excluding hydrogens is 366 g/mol. The number of carbonyl (C=O) groups is 1. The van der Waals surface area contributed by atoms with Crippen LogP contribution in [0.1, 0.15) is 34.4 Å². The highest BCUT2D eigenvalue weighted by atomic mass is 19.1. The van der Waals surface area contributed by atoms with Crippen LogP contribution in [0.5, 0.6) is 0 Å². The molecule has 2 unspecified atom stereocenters. The molecule has 0 radical (unpaired) electrons. The van der Waals surface area contributed by atoms with E-state index in [9.17, 15) is 13.6 Å². The molecule has 3 heterocycles. The van der Waals surface area contributed by atoms with Crippen molar-refractivity contribution in [2.75, 3.05) is 0 Å². The average Bonchev–Trinajstić information content (AvgIpc) is 3.11. The number of rotatable bonds is 2.